The number of carbonyl (C=O) groups excluding carboxylic acids is 1. The Labute approximate surface area is 168 Å². The van der Waals surface area contributed by atoms with Crippen LogP contribution in [-0.4, -0.2) is 10.9 Å². The van der Waals surface area contributed by atoms with E-state index in [0.29, 0.717) is 12.1 Å². The summed E-state index contributed by atoms with van der Waals surface area (Å²) in [7, 11) is 0. The van der Waals surface area contributed by atoms with Gasteiger partial charge >= 0.3 is 0 Å². The van der Waals surface area contributed by atoms with Crippen LogP contribution in [0.2, 0.25) is 0 Å². The van der Waals surface area contributed by atoms with Crippen molar-refractivity contribution in [2.75, 3.05) is 0 Å². The predicted octanol–water partition coefficient (Wildman–Crippen LogP) is 5.72. The number of nitrogens with one attached hydrogen (secondary N) is 1. The van der Waals surface area contributed by atoms with Crippen LogP contribution >= 0.6 is 11.3 Å². The topological polar surface area (TPSA) is 42.0 Å². The zero-order chi connectivity index (χ0) is 19.3. The molecule has 28 heavy (non-hydrogen) atoms. The van der Waals surface area contributed by atoms with Gasteiger partial charge in [-0.05, 0) is 24.6 Å². The van der Waals surface area contributed by atoms with Crippen molar-refractivity contribution in [1.82, 2.24) is 10.3 Å². The Bertz CT molecular complexity index is 1070. The highest BCUT2D eigenvalue weighted by Crippen LogP contribution is 2.28. The molecule has 1 aromatic heterocycles. The van der Waals surface area contributed by atoms with Crippen LogP contribution in [-0.2, 0) is 6.54 Å². The number of aromatic nitrogens is 1. The molecule has 0 fully saturated rings. The van der Waals surface area contributed by atoms with E-state index < -0.39 is 0 Å². The Morgan fingerprint density at radius 1 is 0.893 bits per heavy atom. The third-order valence-electron chi connectivity index (χ3n) is 4.54. The smallest absolute Gasteiger partial charge is 0.251 e. The number of thiazole rings is 1. The molecule has 1 amide bonds. The van der Waals surface area contributed by atoms with Crippen molar-refractivity contribution in [3.63, 3.8) is 0 Å². The van der Waals surface area contributed by atoms with E-state index in [1.807, 2.05) is 61.5 Å². The van der Waals surface area contributed by atoms with Crippen LogP contribution in [0.1, 0.15) is 21.5 Å². The Morgan fingerprint density at radius 2 is 1.61 bits per heavy atom. The van der Waals surface area contributed by atoms with E-state index in [1.165, 1.54) is 0 Å². The minimum atomic E-state index is -0.0592. The van der Waals surface area contributed by atoms with Crippen LogP contribution in [0.15, 0.2) is 84.2 Å². The number of rotatable bonds is 5. The summed E-state index contributed by atoms with van der Waals surface area (Å²) in [5.41, 5.74) is 6.06. The highest BCUT2D eigenvalue weighted by atomic mass is 32.1. The molecule has 0 unspecified atom stereocenters. The maximum atomic E-state index is 12.2. The predicted molar refractivity (Wildman–Crippen MR) is 115 cm³/mol. The van der Waals surface area contributed by atoms with Gasteiger partial charge in [-0.15, -0.1) is 11.3 Å². The summed E-state index contributed by atoms with van der Waals surface area (Å²) < 4.78 is 0. The van der Waals surface area contributed by atoms with Crippen molar-refractivity contribution in [1.29, 1.82) is 0 Å². The van der Waals surface area contributed by atoms with Crippen LogP contribution in [0.3, 0.4) is 0 Å². The van der Waals surface area contributed by atoms with Gasteiger partial charge in [0.2, 0.25) is 0 Å². The number of aryl methyl sites for hydroxylation is 1. The van der Waals surface area contributed by atoms with Gasteiger partial charge in [0.05, 0.1) is 5.69 Å². The molecule has 3 aromatic carbocycles. The Morgan fingerprint density at radius 3 is 2.32 bits per heavy atom. The summed E-state index contributed by atoms with van der Waals surface area (Å²) in [6, 6.07) is 26.0. The highest BCUT2D eigenvalue weighted by Gasteiger charge is 2.08. The molecular formula is C24H20N2OS. The molecule has 0 aliphatic carbocycles. The van der Waals surface area contributed by atoms with Crippen LogP contribution < -0.4 is 5.32 Å². The van der Waals surface area contributed by atoms with Gasteiger partial charge in [-0.1, -0.05) is 72.3 Å². The molecule has 0 atom stereocenters. The van der Waals surface area contributed by atoms with E-state index in [-0.39, 0.29) is 5.91 Å². The molecule has 1 N–H and O–H groups in total. The normalized spacial score (nSPS) is 10.6. The minimum absolute atomic E-state index is 0.0592. The first-order chi connectivity index (χ1) is 13.7. The van der Waals surface area contributed by atoms with Gasteiger partial charge < -0.3 is 5.32 Å². The maximum Gasteiger partial charge on any atom is 0.251 e. The van der Waals surface area contributed by atoms with Gasteiger partial charge in [0.1, 0.15) is 5.01 Å². The van der Waals surface area contributed by atoms with Crippen molar-refractivity contribution in [2.45, 2.75) is 13.5 Å². The lowest BCUT2D eigenvalue weighted by Gasteiger charge is -2.06. The number of amides is 1. The second kappa shape index (κ2) is 8.19. The van der Waals surface area contributed by atoms with E-state index in [1.54, 1.807) is 11.3 Å². The van der Waals surface area contributed by atoms with Gasteiger partial charge in [-0.25, -0.2) is 4.98 Å². The lowest BCUT2D eigenvalue weighted by atomic mass is 10.1. The fraction of sp³-hybridized carbons (Fsp3) is 0.0833. The van der Waals surface area contributed by atoms with Crippen molar-refractivity contribution < 1.29 is 4.79 Å². The van der Waals surface area contributed by atoms with Crippen LogP contribution in [0.4, 0.5) is 0 Å². The number of hydrogen-bond acceptors (Lipinski definition) is 3. The summed E-state index contributed by atoms with van der Waals surface area (Å²) in [6.45, 7) is 2.51. The van der Waals surface area contributed by atoms with Gasteiger partial charge in [-0.2, -0.15) is 0 Å². The molecular weight excluding hydrogens is 364 g/mol. The molecule has 4 heteroatoms. The Hall–Kier alpha value is -3.24. The third-order valence-corrected chi connectivity index (χ3v) is 5.43. The number of benzene rings is 3. The lowest BCUT2D eigenvalue weighted by molar-refractivity contribution is 0.0951. The average Bonchev–Trinajstić information content (AvgIpc) is 3.24. The molecule has 0 saturated carbocycles. The monoisotopic (exact) mass is 384 g/mol. The average molecular weight is 385 g/mol. The first-order valence-electron chi connectivity index (χ1n) is 9.14. The third kappa shape index (κ3) is 4.18. The van der Waals surface area contributed by atoms with E-state index in [0.717, 1.165) is 33.0 Å². The maximum absolute atomic E-state index is 12.2. The largest absolute Gasteiger partial charge is 0.348 e. The number of nitrogens with zero attached hydrogens (tertiary/aromatic N) is 1. The summed E-state index contributed by atoms with van der Waals surface area (Å²) in [5, 5.41) is 6.07. The van der Waals surface area contributed by atoms with E-state index in [9.17, 15) is 4.79 Å². The second-order valence-electron chi connectivity index (χ2n) is 6.65. The molecule has 4 rings (SSSR count). The van der Waals surface area contributed by atoms with Crippen molar-refractivity contribution in [3.8, 4) is 21.8 Å². The molecule has 0 saturated heterocycles. The number of carbonyl (C=O) groups is 1. The molecule has 4 aromatic rings. The molecule has 3 nitrogen and oxygen atoms in total. The Kier molecular flexibility index (Phi) is 5.31. The zero-order valence-electron chi connectivity index (χ0n) is 15.6. The summed E-state index contributed by atoms with van der Waals surface area (Å²) in [6.07, 6.45) is 0. The summed E-state index contributed by atoms with van der Waals surface area (Å²) in [5.74, 6) is -0.0592. The molecule has 0 aliphatic heterocycles. The molecule has 0 radical (unpaired) electrons. The van der Waals surface area contributed by atoms with Crippen molar-refractivity contribution >= 4 is 17.2 Å². The van der Waals surface area contributed by atoms with Gasteiger partial charge in [0.25, 0.3) is 5.91 Å². The SMILES string of the molecule is Cc1ccc(C(=O)NCc2ccc(-c3csc(-c4ccccc4)n3)cc2)cc1. The molecule has 0 spiro atoms. The molecule has 138 valence electrons. The van der Waals surface area contributed by atoms with Crippen LogP contribution in [0.25, 0.3) is 21.8 Å². The fourth-order valence-corrected chi connectivity index (χ4v) is 3.74. The van der Waals surface area contributed by atoms with Crippen LogP contribution in [0.5, 0.6) is 0 Å². The molecule has 0 aliphatic rings. The van der Waals surface area contributed by atoms with E-state index in [2.05, 4.69) is 35.0 Å². The zero-order valence-corrected chi connectivity index (χ0v) is 16.4. The van der Waals surface area contributed by atoms with Crippen LogP contribution in [0, 0.1) is 6.92 Å². The number of hydrogen-bond donors (Lipinski definition) is 1. The van der Waals surface area contributed by atoms with Gasteiger partial charge in [0.15, 0.2) is 0 Å². The second-order valence-corrected chi connectivity index (χ2v) is 7.51. The highest BCUT2D eigenvalue weighted by molar-refractivity contribution is 7.13. The molecule has 1 heterocycles. The van der Waals surface area contributed by atoms with Crippen molar-refractivity contribution in [3.05, 3.63) is 101 Å². The lowest BCUT2D eigenvalue weighted by Crippen LogP contribution is -2.22. The summed E-state index contributed by atoms with van der Waals surface area (Å²) >= 11 is 1.65. The van der Waals surface area contributed by atoms with Crippen molar-refractivity contribution in [2.24, 2.45) is 0 Å². The van der Waals surface area contributed by atoms with Gasteiger partial charge in [-0.3, -0.25) is 4.79 Å². The quantitative estimate of drug-likeness (QED) is 0.478. The van der Waals surface area contributed by atoms with Gasteiger partial charge in [0, 0.05) is 28.6 Å². The standard InChI is InChI=1S/C24H20N2OS/c1-17-7-11-20(12-8-17)23(27)25-15-18-9-13-19(14-10-18)22-16-28-24(26-22)21-5-3-2-4-6-21/h2-14,16H,15H2,1H3,(H,25,27). The first-order valence-corrected chi connectivity index (χ1v) is 10.0. The Balaban J connectivity index is 1.41. The first kappa shape index (κ1) is 18.1. The van der Waals surface area contributed by atoms with E-state index >= 15 is 0 Å². The fourth-order valence-electron chi connectivity index (χ4n) is 2.90. The van der Waals surface area contributed by atoms with E-state index in [4.69, 9.17) is 4.98 Å². The summed E-state index contributed by atoms with van der Waals surface area (Å²) in [4.78, 5) is 17.0. The minimum Gasteiger partial charge on any atom is -0.348 e. The molecule has 0 bridgehead atoms.